The van der Waals surface area contributed by atoms with E-state index in [1.807, 2.05) is 56.4 Å². The molecular weight excluding hydrogens is 306 g/mol. The Kier molecular flexibility index (Phi) is 4.16. The molecule has 0 radical (unpaired) electrons. The third kappa shape index (κ3) is 3.19. The van der Waals surface area contributed by atoms with E-state index in [0.717, 1.165) is 5.56 Å². The highest BCUT2D eigenvalue weighted by molar-refractivity contribution is 5.73. The lowest BCUT2D eigenvalue weighted by atomic mass is 10.0. The second kappa shape index (κ2) is 6.27. The van der Waals surface area contributed by atoms with Crippen LogP contribution in [0.25, 0.3) is 0 Å². The first-order valence-corrected chi connectivity index (χ1v) is 7.64. The van der Waals surface area contributed by atoms with E-state index in [9.17, 15) is 4.79 Å². The number of hydrogen-bond acceptors (Lipinski definition) is 5. The fourth-order valence-corrected chi connectivity index (χ4v) is 2.57. The predicted octanol–water partition coefficient (Wildman–Crippen LogP) is 2.28. The number of carbonyl (C=O) groups is 1. The lowest BCUT2D eigenvalue weighted by molar-refractivity contribution is -0.120. The number of carbonyl (C=O) groups excluding carboxylic acids is 1. The summed E-state index contributed by atoms with van der Waals surface area (Å²) >= 11 is 0. The van der Waals surface area contributed by atoms with Crippen LogP contribution in [0.4, 0.5) is 0 Å². The minimum absolute atomic E-state index is 0.155. The summed E-state index contributed by atoms with van der Waals surface area (Å²) in [5.74, 6) is 0.678. The molecule has 0 spiro atoms. The van der Waals surface area contributed by atoms with Gasteiger partial charge in [0.25, 0.3) is 5.89 Å². The molecule has 1 amide bonds. The number of amides is 1. The molecule has 3 aromatic rings. The Hall–Kier alpha value is -2.96. The molecule has 0 fully saturated rings. The minimum Gasteiger partial charge on any atom is -0.344 e. The van der Waals surface area contributed by atoms with Crippen molar-refractivity contribution < 1.29 is 9.32 Å². The lowest BCUT2D eigenvalue weighted by Crippen LogP contribution is -2.40. The zero-order valence-corrected chi connectivity index (χ0v) is 13.8. The van der Waals surface area contributed by atoms with Crippen molar-refractivity contribution in [1.82, 2.24) is 25.2 Å². The van der Waals surface area contributed by atoms with Crippen molar-refractivity contribution >= 4 is 5.91 Å². The summed E-state index contributed by atoms with van der Waals surface area (Å²) in [4.78, 5) is 15.9. The number of rotatable bonds is 5. The second-order valence-electron chi connectivity index (χ2n) is 6.06. The quantitative estimate of drug-likeness (QED) is 0.778. The van der Waals surface area contributed by atoms with Crippen LogP contribution in [0.3, 0.4) is 0 Å². The summed E-state index contributed by atoms with van der Waals surface area (Å²) in [6.45, 7) is 5.11. The first-order chi connectivity index (χ1) is 11.5. The third-order valence-electron chi connectivity index (χ3n) is 3.63. The van der Waals surface area contributed by atoms with Gasteiger partial charge < -0.3 is 9.84 Å². The van der Waals surface area contributed by atoms with Gasteiger partial charge in [-0.1, -0.05) is 35.5 Å². The Balaban J connectivity index is 2.00. The van der Waals surface area contributed by atoms with Gasteiger partial charge in [-0.3, -0.25) is 9.48 Å². The van der Waals surface area contributed by atoms with Crippen molar-refractivity contribution in [3.63, 3.8) is 0 Å². The first kappa shape index (κ1) is 15.9. The molecule has 24 heavy (non-hydrogen) atoms. The SMILES string of the molecule is CC(=O)NC(C)(C)c1noc(C(c2ccccc2)n2cccn2)n1. The van der Waals surface area contributed by atoms with Gasteiger partial charge in [0, 0.05) is 19.3 Å². The van der Waals surface area contributed by atoms with Gasteiger partial charge >= 0.3 is 0 Å². The smallest absolute Gasteiger partial charge is 0.256 e. The second-order valence-corrected chi connectivity index (χ2v) is 6.06. The van der Waals surface area contributed by atoms with E-state index in [1.165, 1.54) is 6.92 Å². The molecule has 124 valence electrons. The number of nitrogens with zero attached hydrogens (tertiary/aromatic N) is 4. The van der Waals surface area contributed by atoms with Gasteiger partial charge in [-0.2, -0.15) is 10.1 Å². The average molecular weight is 325 g/mol. The highest BCUT2D eigenvalue weighted by Gasteiger charge is 2.30. The van der Waals surface area contributed by atoms with Crippen LogP contribution in [-0.4, -0.2) is 25.8 Å². The molecule has 0 aliphatic rings. The Bertz CT molecular complexity index is 809. The topological polar surface area (TPSA) is 85.8 Å². The third-order valence-corrected chi connectivity index (χ3v) is 3.63. The van der Waals surface area contributed by atoms with Gasteiger partial charge in [0.2, 0.25) is 5.91 Å². The van der Waals surface area contributed by atoms with Gasteiger partial charge in [0.05, 0.1) is 5.54 Å². The molecule has 0 saturated carbocycles. The van der Waals surface area contributed by atoms with E-state index < -0.39 is 5.54 Å². The highest BCUT2D eigenvalue weighted by Crippen LogP contribution is 2.26. The van der Waals surface area contributed by atoms with Gasteiger partial charge in [-0.25, -0.2) is 0 Å². The van der Waals surface area contributed by atoms with E-state index in [-0.39, 0.29) is 11.9 Å². The van der Waals surface area contributed by atoms with Gasteiger partial charge in [-0.15, -0.1) is 0 Å². The minimum atomic E-state index is -0.723. The molecule has 0 aliphatic heterocycles. The van der Waals surface area contributed by atoms with Crippen LogP contribution in [0.1, 0.15) is 44.1 Å². The van der Waals surface area contributed by atoms with Crippen molar-refractivity contribution in [1.29, 1.82) is 0 Å². The summed E-state index contributed by atoms with van der Waals surface area (Å²) in [6, 6.07) is 11.3. The number of nitrogens with one attached hydrogen (secondary N) is 1. The zero-order chi connectivity index (χ0) is 17.2. The van der Waals surface area contributed by atoms with Crippen LogP contribution in [0, 0.1) is 0 Å². The maximum absolute atomic E-state index is 11.4. The Morgan fingerprint density at radius 3 is 2.62 bits per heavy atom. The van der Waals surface area contributed by atoms with Gasteiger partial charge in [-0.05, 0) is 25.5 Å². The fourth-order valence-electron chi connectivity index (χ4n) is 2.57. The van der Waals surface area contributed by atoms with E-state index >= 15 is 0 Å². The van der Waals surface area contributed by atoms with E-state index in [1.54, 1.807) is 10.9 Å². The van der Waals surface area contributed by atoms with Crippen LogP contribution >= 0.6 is 0 Å². The van der Waals surface area contributed by atoms with E-state index in [4.69, 9.17) is 4.52 Å². The molecule has 7 heteroatoms. The summed E-state index contributed by atoms with van der Waals surface area (Å²) in [6.07, 6.45) is 3.55. The van der Waals surface area contributed by atoms with Crippen LogP contribution in [0.2, 0.25) is 0 Å². The average Bonchev–Trinajstić information content (AvgIpc) is 3.20. The van der Waals surface area contributed by atoms with Crippen molar-refractivity contribution in [3.05, 3.63) is 66.1 Å². The van der Waals surface area contributed by atoms with Crippen molar-refractivity contribution in [2.45, 2.75) is 32.4 Å². The van der Waals surface area contributed by atoms with Crippen molar-refractivity contribution in [2.24, 2.45) is 0 Å². The molecule has 1 unspecified atom stereocenters. The van der Waals surface area contributed by atoms with Crippen LogP contribution in [-0.2, 0) is 10.3 Å². The Morgan fingerprint density at radius 2 is 2.00 bits per heavy atom. The Morgan fingerprint density at radius 1 is 1.25 bits per heavy atom. The monoisotopic (exact) mass is 325 g/mol. The van der Waals surface area contributed by atoms with Crippen molar-refractivity contribution in [3.8, 4) is 0 Å². The van der Waals surface area contributed by atoms with Crippen LogP contribution in [0.5, 0.6) is 0 Å². The van der Waals surface area contributed by atoms with E-state index in [2.05, 4.69) is 20.6 Å². The zero-order valence-electron chi connectivity index (χ0n) is 13.8. The molecule has 1 N–H and O–H groups in total. The molecule has 7 nitrogen and oxygen atoms in total. The maximum Gasteiger partial charge on any atom is 0.256 e. The van der Waals surface area contributed by atoms with Gasteiger partial charge in [0.1, 0.15) is 0 Å². The van der Waals surface area contributed by atoms with Crippen molar-refractivity contribution in [2.75, 3.05) is 0 Å². The molecular formula is C17H19N5O2. The molecule has 1 atom stereocenters. The standard InChI is InChI=1S/C17H19N5O2/c1-12(23)20-17(2,3)16-19-15(24-21-16)14(22-11-7-10-18-22)13-8-5-4-6-9-13/h4-11,14H,1-3H3,(H,20,23). The molecule has 0 saturated heterocycles. The molecule has 1 aromatic carbocycles. The Labute approximate surface area is 139 Å². The molecule has 0 bridgehead atoms. The fraction of sp³-hybridized carbons (Fsp3) is 0.294. The number of aromatic nitrogens is 4. The summed E-state index contributed by atoms with van der Waals surface area (Å²) in [5.41, 5.74) is 0.257. The normalized spacial score (nSPS) is 12.8. The summed E-state index contributed by atoms with van der Waals surface area (Å²) < 4.78 is 7.26. The summed E-state index contributed by atoms with van der Waals surface area (Å²) in [7, 11) is 0. The first-order valence-electron chi connectivity index (χ1n) is 7.64. The molecule has 2 heterocycles. The van der Waals surface area contributed by atoms with Crippen LogP contribution < -0.4 is 5.32 Å². The molecule has 2 aromatic heterocycles. The predicted molar refractivity (Wildman–Crippen MR) is 87.1 cm³/mol. The van der Waals surface area contributed by atoms with E-state index in [0.29, 0.717) is 11.7 Å². The molecule has 0 aliphatic carbocycles. The summed E-state index contributed by atoms with van der Waals surface area (Å²) in [5, 5.41) is 11.2. The van der Waals surface area contributed by atoms with Gasteiger partial charge in [0.15, 0.2) is 11.9 Å². The largest absolute Gasteiger partial charge is 0.344 e. The molecule has 3 rings (SSSR count). The highest BCUT2D eigenvalue weighted by atomic mass is 16.5. The maximum atomic E-state index is 11.4. The van der Waals surface area contributed by atoms with Crippen LogP contribution in [0.15, 0.2) is 53.3 Å². The lowest BCUT2D eigenvalue weighted by Gasteiger charge is -2.21. The number of benzene rings is 1. The number of hydrogen-bond donors (Lipinski definition) is 1.